The normalized spacial score (nSPS) is 17.9. The van der Waals surface area contributed by atoms with Gasteiger partial charge < -0.3 is 15.8 Å². The number of carbonyl (C=O) groups excluding carboxylic acids is 1. The molecule has 0 aromatic heterocycles. The van der Waals surface area contributed by atoms with Gasteiger partial charge in [-0.2, -0.15) is 26.3 Å². The second-order valence-corrected chi connectivity index (χ2v) is 11.4. The molecule has 2 aliphatic rings. The van der Waals surface area contributed by atoms with Crippen molar-refractivity contribution in [2.75, 3.05) is 0 Å². The summed E-state index contributed by atoms with van der Waals surface area (Å²) in [6.07, 6.45) is -7.26. The molecule has 3 aromatic rings. The van der Waals surface area contributed by atoms with Crippen molar-refractivity contribution in [2.45, 2.75) is 56.7 Å². The number of ether oxygens (including phenoxy) is 1. The summed E-state index contributed by atoms with van der Waals surface area (Å²) in [5.74, 6) is 0. The van der Waals surface area contributed by atoms with Gasteiger partial charge in [-0.15, -0.1) is 0 Å². The van der Waals surface area contributed by atoms with Gasteiger partial charge >= 0.3 is 18.4 Å². The third-order valence-electron chi connectivity index (χ3n) is 6.72. The van der Waals surface area contributed by atoms with Crippen molar-refractivity contribution in [1.29, 1.82) is 0 Å². The minimum atomic E-state index is -4.96. The number of hydrogen-bond acceptors (Lipinski definition) is 3. The average molecular weight is 694 g/mol. The van der Waals surface area contributed by atoms with E-state index in [0.717, 1.165) is 39.3 Å². The van der Waals surface area contributed by atoms with E-state index in [4.69, 9.17) is 10.5 Å². The lowest BCUT2D eigenvalue weighted by molar-refractivity contribution is -0.143. The monoisotopic (exact) mass is 692 g/mol. The quantitative estimate of drug-likeness (QED) is 0.270. The van der Waals surface area contributed by atoms with E-state index in [1.165, 1.54) is 11.1 Å². The number of amides is 1. The van der Waals surface area contributed by atoms with Gasteiger partial charge in [-0.3, -0.25) is 0 Å². The highest BCUT2D eigenvalue weighted by Crippen LogP contribution is 2.37. The predicted molar refractivity (Wildman–Crippen MR) is 144 cm³/mol. The number of rotatable bonds is 3. The van der Waals surface area contributed by atoms with Crippen LogP contribution in [-0.2, 0) is 36.5 Å². The molecule has 5 rings (SSSR count). The maximum atomic E-state index is 12.9. The Hall–Kier alpha value is -2.57. The van der Waals surface area contributed by atoms with Gasteiger partial charge in [-0.25, -0.2) is 4.79 Å². The number of nitrogens with one attached hydrogen (secondary N) is 1. The molecule has 3 N–H and O–H groups in total. The fourth-order valence-corrected chi connectivity index (χ4v) is 5.61. The number of halogens is 8. The Kier molecular flexibility index (Phi) is 9.21. The second-order valence-electron chi connectivity index (χ2n) is 9.56. The van der Waals surface area contributed by atoms with Crippen molar-refractivity contribution >= 4 is 38.0 Å². The maximum absolute atomic E-state index is 12.9. The van der Waals surface area contributed by atoms with Crippen LogP contribution in [0.4, 0.5) is 31.1 Å². The van der Waals surface area contributed by atoms with Crippen molar-refractivity contribution in [3.8, 4) is 0 Å². The lowest BCUT2D eigenvalue weighted by Gasteiger charge is -2.16. The molecule has 2 unspecified atom stereocenters. The lowest BCUT2D eigenvalue weighted by atomic mass is 10.1. The molecule has 0 spiro atoms. The highest BCUT2D eigenvalue weighted by Gasteiger charge is 2.37. The number of fused-ring (bicyclic) bond motifs is 2. The van der Waals surface area contributed by atoms with E-state index < -0.39 is 41.7 Å². The first kappa shape index (κ1) is 30.4. The third-order valence-corrected chi connectivity index (χ3v) is 7.71. The largest absolute Gasteiger partial charge is 0.445 e. The van der Waals surface area contributed by atoms with E-state index in [0.29, 0.717) is 18.6 Å². The first-order chi connectivity index (χ1) is 18.7. The smallest absolute Gasteiger partial charge is 0.416 e. The van der Waals surface area contributed by atoms with Gasteiger partial charge in [0.25, 0.3) is 0 Å². The highest BCUT2D eigenvalue weighted by molar-refractivity contribution is 9.10. The summed E-state index contributed by atoms with van der Waals surface area (Å²) in [4.78, 5) is 12.0. The number of hydrogen-bond donors (Lipinski definition) is 2. The summed E-state index contributed by atoms with van der Waals surface area (Å²) < 4.78 is 84.2. The Morgan fingerprint density at radius 1 is 0.825 bits per heavy atom. The van der Waals surface area contributed by atoms with E-state index in [-0.39, 0.29) is 18.2 Å². The molecule has 12 heteroatoms. The number of carbonyl (C=O) groups is 1. The highest BCUT2D eigenvalue weighted by atomic mass is 79.9. The van der Waals surface area contributed by atoms with Crippen LogP contribution in [0, 0.1) is 0 Å². The van der Waals surface area contributed by atoms with Gasteiger partial charge in [0, 0.05) is 15.0 Å². The van der Waals surface area contributed by atoms with Crippen LogP contribution in [0.25, 0.3) is 0 Å². The number of aryl methyl sites for hydroxylation is 2. The Bertz CT molecular complexity index is 1360. The minimum absolute atomic E-state index is 0.0250. The number of benzene rings is 3. The SMILES string of the molecule is NC1CCc2cc(Br)ccc21.O=C(NC1CCc2cc(Br)ccc21)OCc1cc(C(F)(F)F)cc(C(F)(F)F)c1. The summed E-state index contributed by atoms with van der Waals surface area (Å²) in [6.45, 7) is -0.723. The molecule has 0 fully saturated rings. The molecule has 2 aliphatic carbocycles. The summed E-state index contributed by atoms with van der Waals surface area (Å²) in [7, 11) is 0. The van der Waals surface area contributed by atoms with Gasteiger partial charge in [0.05, 0.1) is 17.2 Å². The zero-order valence-electron chi connectivity index (χ0n) is 20.8. The standard InChI is InChI=1S/C19H14BrF6NO2.C9H10BrN/c20-14-2-3-15-11(7-14)1-4-16(15)27-17(28)29-9-10-5-12(18(21,22)23)8-13(6-10)19(24,25)26;10-7-2-3-8-6(5-7)1-4-9(8)11/h2-3,5-8,16H,1,4,9H2,(H,27,28);2-3,5,9H,1,4,11H2. The van der Waals surface area contributed by atoms with E-state index in [1.54, 1.807) is 0 Å². The molecule has 0 saturated carbocycles. The lowest BCUT2D eigenvalue weighted by Crippen LogP contribution is -2.27. The van der Waals surface area contributed by atoms with Crippen LogP contribution in [0.2, 0.25) is 0 Å². The summed E-state index contributed by atoms with van der Waals surface area (Å²) >= 11 is 6.80. The summed E-state index contributed by atoms with van der Waals surface area (Å²) in [6, 6.07) is 12.9. The van der Waals surface area contributed by atoms with Gasteiger partial charge in [0.1, 0.15) is 6.61 Å². The van der Waals surface area contributed by atoms with Crippen LogP contribution in [-0.4, -0.2) is 6.09 Å². The van der Waals surface area contributed by atoms with Crippen molar-refractivity contribution < 1.29 is 35.9 Å². The van der Waals surface area contributed by atoms with Gasteiger partial charge in [-0.1, -0.05) is 44.0 Å². The molecular formula is C28H24Br2F6N2O2. The van der Waals surface area contributed by atoms with Crippen molar-refractivity contribution in [1.82, 2.24) is 5.32 Å². The second kappa shape index (κ2) is 12.1. The van der Waals surface area contributed by atoms with Crippen LogP contribution < -0.4 is 11.1 Å². The average Bonchev–Trinajstić information content (AvgIpc) is 3.44. The molecule has 0 bridgehead atoms. The Morgan fingerprint density at radius 3 is 1.93 bits per heavy atom. The minimum Gasteiger partial charge on any atom is -0.445 e. The molecule has 214 valence electrons. The molecule has 3 aromatic carbocycles. The predicted octanol–water partition coefficient (Wildman–Crippen LogP) is 8.80. The zero-order valence-corrected chi connectivity index (χ0v) is 24.0. The summed E-state index contributed by atoms with van der Waals surface area (Å²) in [5, 5.41) is 2.59. The molecule has 4 nitrogen and oxygen atoms in total. The number of nitrogens with two attached hydrogens (primary N) is 1. The molecule has 0 saturated heterocycles. The maximum Gasteiger partial charge on any atom is 0.416 e. The summed E-state index contributed by atoms with van der Waals surface area (Å²) in [5.41, 5.74) is 7.23. The van der Waals surface area contributed by atoms with Crippen LogP contribution >= 0.6 is 31.9 Å². The van der Waals surface area contributed by atoms with Gasteiger partial charge in [0.15, 0.2) is 0 Å². The molecule has 0 aliphatic heterocycles. The van der Waals surface area contributed by atoms with Crippen LogP contribution in [0.15, 0.2) is 63.5 Å². The van der Waals surface area contributed by atoms with E-state index in [2.05, 4.69) is 55.4 Å². The molecule has 2 atom stereocenters. The van der Waals surface area contributed by atoms with Gasteiger partial charge in [-0.05, 0) is 96.0 Å². The van der Waals surface area contributed by atoms with E-state index >= 15 is 0 Å². The van der Waals surface area contributed by atoms with Crippen LogP contribution in [0.3, 0.4) is 0 Å². The van der Waals surface area contributed by atoms with E-state index in [9.17, 15) is 31.1 Å². The Balaban J connectivity index is 0.000000278. The zero-order chi connectivity index (χ0) is 29.2. The van der Waals surface area contributed by atoms with Crippen LogP contribution in [0.1, 0.15) is 63.9 Å². The molecular weight excluding hydrogens is 670 g/mol. The van der Waals surface area contributed by atoms with E-state index in [1.807, 2.05) is 18.2 Å². The van der Waals surface area contributed by atoms with Gasteiger partial charge in [0.2, 0.25) is 0 Å². The van der Waals surface area contributed by atoms with Crippen LogP contribution in [0.5, 0.6) is 0 Å². The third kappa shape index (κ3) is 7.58. The molecule has 0 radical (unpaired) electrons. The topological polar surface area (TPSA) is 64.4 Å². The number of alkyl carbamates (subject to hydrolysis) is 1. The molecule has 40 heavy (non-hydrogen) atoms. The molecule has 1 amide bonds. The fourth-order valence-electron chi connectivity index (χ4n) is 4.79. The molecule has 0 heterocycles. The first-order valence-corrected chi connectivity index (χ1v) is 13.8. The van der Waals surface area contributed by atoms with Crippen molar-refractivity contribution in [2.24, 2.45) is 5.73 Å². The van der Waals surface area contributed by atoms with Crippen molar-refractivity contribution in [3.05, 3.63) is 102 Å². The Labute approximate surface area is 243 Å². The Morgan fingerprint density at radius 2 is 1.35 bits per heavy atom. The first-order valence-electron chi connectivity index (χ1n) is 12.2. The number of alkyl halides is 6. The fraction of sp³-hybridized carbons (Fsp3) is 0.321. The van der Waals surface area contributed by atoms with Crippen molar-refractivity contribution in [3.63, 3.8) is 0 Å².